The summed E-state index contributed by atoms with van der Waals surface area (Å²) in [7, 11) is 0. The van der Waals surface area contributed by atoms with Crippen molar-refractivity contribution in [1.82, 2.24) is 9.97 Å². The molecule has 0 radical (unpaired) electrons. The Balaban J connectivity index is 0.000000202. The maximum Gasteiger partial charge on any atom is 0.137 e. The van der Waals surface area contributed by atoms with E-state index in [2.05, 4.69) is 16.9 Å². The van der Waals surface area contributed by atoms with Gasteiger partial charge in [0.05, 0.1) is 18.5 Å². The van der Waals surface area contributed by atoms with Crippen LogP contribution in [0.2, 0.25) is 0 Å². The molecule has 0 amide bonds. The SMILES string of the molecule is CCCCCCCCOc1cccnc1.Oc1ccc(-c2ccccn2)cc1. The van der Waals surface area contributed by atoms with Crippen molar-refractivity contribution in [3.05, 3.63) is 73.2 Å². The number of phenols is 1. The van der Waals surface area contributed by atoms with Crippen LogP contribution in [0.1, 0.15) is 45.4 Å². The third kappa shape index (κ3) is 8.67. The topological polar surface area (TPSA) is 55.2 Å². The number of ether oxygens (including phenoxy) is 1. The normalized spacial score (nSPS) is 10.0. The Hall–Kier alpha value is -2.88. The van der Waals surface area contributed by atoms with Crippen molar-refractivity contribution in [2.24, 2.45) is 0 Å². The summed E-state index contributed by atoms with van der Waals surface area (Å²) in [5.41, 5.74) is 1.93. The van der Waals surface area contributed by atoms with Gasteiger partial charge in [-0.2, -0.15) is 0 Å². The molecule has 0 unspecified atom stereocenters. The van der Waals surface area contributed by atoms with Crippen LogP contribution in [0.4, 0.5) is 0 Å². The fraction of sp³-hybridized carbons (Fsp3) is 0.333. The number of hydrogen-bond acceptors (Lipinski definition) is 4. The van der Waals surface area contributed by atoms with Crippen LogP contribution >= 0.6 is 0 Å². The molecule has 0 bridgehead atoms. The minimum Gasteiger partial charge on any atom is -0.508 e. The van der Waals surface area contributed by atoms with E-state index in [4.69, 9.17) is 9.84 Å². The van der Waals surface area contributed by atoms with Crippen LogP contribution < -0.4 is 4.74 Å². The molecule has 2 heterocycles. The summed E-state index contributed by atoms with van der Waals surface area (Å²) in [6, 6.07) is 16.6. The van der Waals surface area contributed by atoms with E-state index in [1.54, 1.807) is 30.7 Å². The van der Waals surface area contributed by atoms with Gasteiger partial charge in [-0.3, -0.25) is 9.97 Å². The van der Waals surface area contributed by atoms with Gasteiger partial charge >= 0.3 is 0 Å². The van der Waals surface area contributed by atoms with Crippen molar-refractivity contribution in [2.45, 2.75) is 45.4 Å². The van der Waals surface area contributed by atoms with Gasteiger partial charge in [-0.1, -0.05) is 45.1 Å². The third-order valence-electron chi connectivity index (χ3n) is 4.23. The summed E-state index contributed by atoms with van der Waals surface area (Å²) in [6.45, 7) is 3.06. The average molecular weight is 379 g/mol. The summed E-state index contributed by atoms with van der Waals surface area (Å²) in [5, 5.41) is 9.08. The van der Waals surface area contributed by atoms with E-state index in [9.17, 15) is 0 Å². The lowest BCUT2D eigenvalue weighted by molar-refractivity contribution is 0.303. The monoisotopic (exact) mass is 378 g/mol. The van der Waals surface area contributed by atoms with Crippen molar-refractivity contribution in [2.75, 3.05) is 6.61 Å². The molecule has 1 N–H and O–H groups in total. The lowest BCUT2D eigenvalue weighted by Crippen LogP contribution is -1.97. The fourth-order valence-electron chi connectivity index (χ4n) is 2.67. The van der Waals surface area contributed by atoms with E-state index in [1.165, 1.54) is 32.1 Å². The third-order valence-corrected chi connectivity index (χ3v) is 4.23. The van der Waals surface area contributed by atoms with Crippen LogP contribution in [0, 0.1) is 0 Å². The molecule has 0 saturated carbocycles. The molecule has 28 heavy (non-hydrogen) atoms. The van der Waals surface area contributed by atoms with Crippen molar-refractivity contribution >= 4 is 0 Å². The molecule has 4 nitrogen and oxygen atoms in total. The Bertz CT molecular complexity index is 747. The molecule has 0 saturated heterocycles. The second-order valence-corrected chi connectivity index (χ2v) is 6.57. The molecule has 0 fully saturated rings. The molecule has 0 aliphatic rings. The number of pyridine rings is 2. The maximum absolute atomic E-state index is 9.08. The lowest BCUT2D eigenvalue weighted by atomic mass is 10.1. The largest absolute Gasteiger partial charge is 0.508 e. The molecule has 2 aromatic heterocycles. The van der Waals surface area contributed by atoms with Crippen LogP contribution in [0.5, 0.6) is 11.5 Å². The van der Waals surface area contributed by atoms with Gasteiger partial charge in [0.2, 0.25) is 0 Å². The number of nitrogens with zero attached hydrogens (tertiary/aromatic N) is 2. The Morgan fingerprint density at radius 1 is 0.821 bits per heavy atom. The van der Waals surface area contributed by atoms with Gasteiger partial charge in [-0.25, -0.2) is 0 Å². The predicted octanol–water partition coefficient (Wildman–Crippen LogP) is 6.28. The van der Waals surface area contributed by atoms with Crippen molar-refractivity contribution in [3.63, 3.8) is 0 Å². The first kappa shape index (κ1) is 21.4. The van der Waals surface area contributed by atoms with E-state index >= 15 is 0 Å². The summed E-state index contributed by atoms with van der Waals surface area (Å²) in [5.74, 6) is 1.16. The van der Waals surface area contributed by atoms with Gasteiger partial charge in [-0.15, -0.1) is 0 Å². The van der Waals surface area contributed by atoms with Crippen LogP contribution in [0.15, 0.2) is 73.2 Å². The minimum absolute atomic E-state index is 0.277. The summed E-state index contributed by atoms with van der Waals surface area (Å²) in [6.07, 6.45) is 13.1. The zero-order valence-corrected chi connectivity index (χ0v) is 16.6. The first-order valence-corrected chi connectivity index (χ1v) is 10.0. The fourth-order valence-corrected chi connectivity index (χ4v) is 2.67. The highest BCUT2D eigenvalue weighted by molar-refractivity contribution is 5.59. The summed E-state index contributed by atoms with van der Waals surface area (Å²) in [4.78, 5) is 8.20. The number of aromatic nitrogens is 2. The molecule has 0 spiro atoms. The first-order valence-electron chi connectivity index (χ1n) is 10.0. The molecule has 4 heteroatoms. The van der Waals surface area contributed by atoms with Gasteiger partial charge in [0, 0.05) is 18.0 Å². The highest BCUT2D eigenvalue weighted by Gasteiger charge is 1.96. The number of rotatable bonds is 9. The second-order valence-electron chi connectivity index (χ2n) is 6.57. The Morgan fingerprint density at radius 2 is 1.61 bits per heavy atom. The lowest BCUT2D eigenvalue weighted by Gasteiger charge is -2.04. The van der Waals surface area contributed by atoms with Gasteiger partial charge in [-0.05, 0) is 55.0 Å². The number of phenolic OH excluding ortho intramolecular Hbond substituents is 1. The molecule has 0 aliphatic heterocycles. The van der Waals surface area contributed by atoms with E-state index in [-0.39, 0.29) is 5.75 Å². The van der Waals surface area contributed by atoms with E-state index in [1.807, 2.05) is 42.5 Å². The smallest absolute Gasteiger partial charge is 0.137 e. The second kappa shape index (κ2) is 13.3. The van der Waals surface area contributed by atoms with E-state index < -0.39 is 0 Å². The van der Waals surface area contributed by atoms with E-state index in [0.29, 0.717) is 0 Å². The quantitative estimate of drug-likeness (QED) is 0.446. The van der Waals surface area contributed by atoms with Crippen molar-refractivity contribution in [3.8, 4) is 22.8 Å². The van der Waals surface area contributed by atoms with Gasteiger partial charge in [0.25, 0.3) is 0 Å². The van der Waals surface area contributed by atoms with Gasteiger partial charge in [0.1, 0.15) is 11.5 Å². The number of benzene rings is 1. The van der Waals surface area contributed by atoms with Crippen molar-refractivity contribution < 1.29 is 9.84 Å². The summed E-state index contributed by atoms with van der Waals surface area (Å²) >= 11 is 0. The van der Waals surface area contributed by atoms with E-state index in [0.717, 1.165) is 30.0 Å². The molecular formula is C24H30N2O2. The summed E-state index contributed by atoms with van der Waals surface area (Å²) < 4.78 is 5.55. The first-order chi connectivity index (χ1) is 13.8. The highest BCUT2D eigenvalue weighted by Crippen LogP contribution is 2.18. The number of unbranched alkanes of at least 4 members (excludes halogenated alkanes) is 5. The standard InChI is InChI=1S/C13H21NO.C11H9NO/c1-2-3-4-5-6-7-11-15-13-9-8-10-14-12-13;13-10-6-4-9(5-7-10)11-3-1-2-8-12-11/h8-10,12H,2-7,11H2,1H3;1-8,13H. The zero-order chi connectivity index (χ0) is 19.9. The van der Waals surface area contributed by atoms with Crippen molar-refractivity contribution in [1.29, 1.82) is 0 Å². The molecule has 1 aromatic carbocycles. The molecule has 148 valence electrons. The Kier molecular flexibility index (Phi) is 10.2. The molecule has 0 aliphatic carbocycles. The van der Waals surface area contributed by atoms with Crippen LogP contribution in [-0.4, -0.2) is 21.7 Å². The van der Waals surface area contributed by atoms with Gasteiger partial charge < -0.3 is 9.84 Å². The van der Waals surface area contributed by atoms with Crippen LogP contribution in [-0.2, 0) is 0 Å². The molecular weight excluding hydrogens is 348 g/mol. The van der Waals surface area contributed by atoms with Gasteiger partial charge in [0.15, 0.2) is 0 Å². The zero-order valence-electron chi connectivity index (χ0n) is 16.6. The minimum atomic E-state index is 0.277. The molecule has 0 atom stereocenters. The Labute approximate surface area is 168 Å². The highest BCUT2D eigenvalue weighted by atomic mass is 16.5. The predicted molar refractivity (Wildman–Crippen MR) is 114 cm³/mol. The Morgan fingerprint density at radius 3 is 2.29 bits per heavy atom. The number of aromatic hydroxyl groups is 1. The van der Waals surface area contributed by atoms with Crippen LogP contribution in [0.25, 0.3) is 11.3 Å². The van der Waals surface area contributed by atoms with Crippen LogP contribution in [0.3, 0.4) is 0 Å². The number of hydrogen-bond donors (Lipinski definition) is 1. The average Bonchev–Trinajstić information content (AvgIpc) is 2.75. The maximum atomic E-state index is 9.08. The molecule has 3 aromatic rings. The molecule has 3 rings (SSSR count).